The Bertz CT molecular complexity index is 1070. The van der Waals surface area contributed by atoms with Crippen LogP contribution in [0.15, 0.2) is 30.3 Å². The monoisotopic (exact) mass is 564 g/mol. The summed E-state index contributed by atoms with van der Waals surface area (Å²) in [5.41, 5.74) is 1.01. The van der Waals surface area contributed by atoms with Crippen LogP contribution < -0.4 is 0 Å². The van der Waals surface area contributed by atoms with Gasteiger partial charge in [-0.2, -0.15) is 0 Å². The molecule has 0 bridgehead atoms. The maximum Gasteiger partial charge on any atom is 0.302 e. The van der Waals surface area contributed by atoms with Crippen LogP contribution >= 0.6 is 0 Å². The van der Waals surface area contributed by atoms with Gasteiger partial charge in [0.15, 0.2) is 29.9 Å². The molecule has 222 valence electrons. The van der Waals surface area contributed by atoms with E-state index in [1.54, 1.807) is 0 Å². The molecule has 0 saturated carbocycles. The number of hydrogen-bond acceptors (Lipinski definition) is 11. The normalized spacial score (nSPS) is 41.2. The van der Waals surface area contributed by atoms with E-state index in [1.165, 1.54) is 6.92 Å². The maximum atomic E-state index is 12.3. The average Bonchev–Trinajstić information content (AvgIpc) is 3.54. The van der Waals surface area contributed by atoms with Crippen LogP contribution in [0.2, 0.25) is 0 Å². The Morgan fingerprint density at radius 3 is 2.08 bits per heavy atom. The highest BCUT2D eigenvalue weighted by atomic mass is 16.9. The molecule has 5 aliphatic heterocycles. The summed E-state index contributed by atoms with van der Waals surface area (Å²) in [5, 5.41) is 0. The minimum atomic E-state index is -0.888. The van der Waals surface area contributed by atoms with E-state index in [2.05, 4.69) is 0 Å². The number of rotatable bonds is 7. The summed E-state index contributed by atoms with van der Waals surface area (Å²) in [5.74, 6) is -3.03. The van der Waals surface area contributed by atoms with Gasteiger partial charge in [0.1, 0.15) is 42.7 Å². The summed E-state index contributed by atoms with van der Waals surface area (Å²) in [6.07, 6.45) is -5.57. The lowest BCUT2D eigenvalue weighted by atomic mass is 9.91. The van der Waals surface area contributed by atoms with E-state index in [9.17, 15) is 4.79 Å². The van der Waals surface area contributed by atoms with Gasteiger partial charge in [0.05, 0.1) is 12.7 Å². The zero-order valence-electron chi connectivity index (χ0n) is 24.1. The van der Waals surface area contributed by atoms with Crippen LogP contribution in [0.4, 0.5) is 0 Å². The summed E-state index contributed by atoms with van der Waals surface area (Å²) in [7, 11) is 0. The van der Waals surface area contributed by atoms with Gasteiger partial charge in [-0.15, -0.1) is 0 Å². The van der Waals surface area contributed by atoms with Crippen LogP contribution in [0, 0.1) is 0 Å². The number of ether oxygens (including phenoxy) is 10. The molecule has 11 heteroatoms. The minimum absolute atomic E-state index is 0.255. The fourth-order valence-corrected chi connectivity index (χ4v) is 6.35. The molecular formula is C29H40O11. The number of carbonyl (C=O) groups is 1. The molecule has 6 rings (SSSR count). The van der Waals surface area contributed by atoms with Crippen LogP contribution in [-0.4, -0.2) is 84.7 Å². The molecule has 5 heterocycles. The highest BCUT2D eigenvalue weighted by molar-refractivity contribution is 5.66. The van der Waals surface area contributed by atoms with Crippen LogP contribution in [0.25, 0.3) is 0 Å². The second-order valence-corrected chi connectivity index (χ2v) is 12.4. The lowest BCUT2D eigenvalue weighted by molar-refractivity contribution is -0.264. The van der Waals surface area contributed by atoms with Gasteiger partial charge in [-0.1, -0.05) is 30.3 Å². The average molecular weight is 565 g/mol. The Labute approximate surface area is 234 Å². The van der Waals surface area contributed by atoms with Crippen molar-refractivity contribution < 1.29 is 52.2 Å². The molecule has 0 radical (unpaired) electrons. The van der Waals surface area contributed by atoms with Crippen LogP contribution in [0.3, 0.4) is 0 Å². The third kappa shape index (κ3) is 5.68. The van der Waals surface area contributed by atoms with Crippen molar-refractivity contribution in [1.82, 2.24) is 0 Å². The Balaban J connectivity index is 1.23. The molecule has 0 N–H and O–H groups in total. The Morgan fingerprint density at radius 1 is 0.775 bits per heavy atom. The molecule has 1 aromatic rings. The van der Waals surface area contributed by atoms with Gasteiger partial charge in [-0.05, 0) is 47.1 Å². The second kappa shape index (κ2) is 10.3. The van der Waals surface area contributed by atoms with E-state index in [-0.39, 0.29) is 6.42 Å². The lowest BCUT2D eigenvalue weighted by Crippen LogP contribution is -2.59. The molecule has 0 aromatic heterocycles. The summed E-state index contributed by atoms with van der Waals surface area (Å²) in [4.78, 5) is 12.3. The Kier molecular flexibility index (Phi) is 7.29. The third-order valence-electron chi connectivity index (χ3n) is 7.70. The smallest absolute Gasteiger partial charge is 0.302 e. The molecule has 10 atom stereocenters. The van der Waals surface area contributed by atoms with Gasteiger partial charge in [-0.3, -0.25) is 4.79 Å². The molecule has 0 spiro atoms. The second-order valence-electron chi connectivity index (χ2n) is 12.4. The SMILES string of the molecule is CC(=O)O[C@@H](C[C@H]1O[C@@H](OCc2ccccc2)[C@@H]2OC(C)(C)O[C@@H]21)[C@H]1O[C@@H]2OC(C)(C)O[C@@H]2[C@H]2OC(C)(C)O[C@H]21. The molecule has 40 heavy (non-hydrogen) atoms. The Morgan fingerprint density at radius 2 is 1.38 bits per heavy atom. The molecule has 5 aliphatic rings. The topological polar surface area (TPSA) is 109 Å². The zero-order chi connectivity index (χ0) is 28.4. The standard InChI is InChI=1S/C29H40O11/c1-15(30)32-17(19-21-22(37-28(4,5)36-21)24-26(34-19)40-29(6,7)39-24)13-18-20-23(38-27(2,3)35-20)25(33-18)31-14-16-11-9-8-10-12-16/h8-12,17-26H,13-14H2,1-7H3/t17-,18+,19+,20+,21-,22-,23+,24+,25+,26+/m0/s1. The van der Waals surface area contributed by atoms with Crippen molar-refractivity contribution in [2.75, 3.05) is 0 Å². The molecule has 0 amide bonds. The molecular weight excluding hydrogens is 524 g/mol. The third-order valence-corrected chi connectivity index (χ3v) is 7.70. The van der Waals surface area contributed by atoms with Gasteiger partial charge in [0.2, 0.25) is 0 Å². The number of fused-ring (bicyclic) bond motifs is 4. The van der Waals surface area contributed by atoms with Crippen molar-refractivity contribution >= 4 is 5.97 Å². The molecule has 0 unspecified atom stereocenters. The first-order valence-corrected chi connectivity index (χ1v) is 14.0. The van der Waals surface area contributed by atoms with Crippen molar-refractivity contribution in [3.8, 4) is 0 Å². The molecule has 5 saturated heterocycles. The molecule has 1 aromatic carbocycles. The fourth-order valence-electron chi connectivity index (χ4n) is 6.35. The van der Waals surface area contributed by atoms with Crippen molar-refractivity contribution in [2.24, 2.45) is 0 Å². The minimum Gasteiger partial charge on any atom is -0.460 e. The van der Waals surface area contributed by atoms with E-state index in [1.807, 2.05) is 71.9 Å². The van der Waals surface area contributed by atoms with Crippen LogP contribution in [0.1, 0.15) is 60.5 Å². The summed E-state index contributed by atoms with van der Waals surface area (Å²) in [6, 6.07) is 9.85. The highest BCUT2D eigenvalue weighted by Crippen LogP contribution is 2.47. The van der Waals surface area contributed by atoms with Gasteiger partial charge in [0, 0.05) is 13.3 Å². The van der Waals surface area contributed by atoms with Crippen LogP contribution in [-0.2, 0) is 58.8 Å². The number of hydrogen-bond donors (Lipinski definition) is 0. The number of benzene rings is 1. The van der Waals surface area contributed by atoms with Crippen molar-refractivity contribution in [1.29, 1.82) is 0 Å². The fraction of sp³-hybridized carbons (Fsp3) is 0.759. The predicted molar refractivity (Wildman–Crippen MR) is 136 cm³/mol. The van der Waals surface area contributed by atoms with Crippen molar-refractivity contribution in [2.45, 2.75) is 140 Å². The predicted octanol–water partition coefficient (Wildman–Crippen LogP) is 3.17. The highest BCUT2D eigenvalue weighted by Gasteiger charge is 2.63. The number of esters is 1. The summed E-state index contributed by atoms with van der Waals surface area (Å²) in [6.45, 7) is 12.8. The van der Waals surface area contributed by atoms with Crippen LogP contribution in [0.5, 0.6) is 0 Å². The first kappa shape index (κ1) is 28.4. The molecule has 0 aliphatic carbocycles. The van der Waals surface area contributed by atoms with E-state index < -0.39 is 84.7 Å². The van der Waals surface area contributed by atoms with Gasteiger partial charge in [-0.25, -0.2) is 0 Å². The lowest BCUT2D eigenvalue weighted by Gasteiger charge is -2.41. The quantitative estimate of drug-likeness (QED) is 0.456. The van der Waals surface area contributed by atoms with Gasteiger partial charge in [0.25, 0.3) is 0 Å². The number of carbonyl (C=O) groups excluding carboxylic acids is 1. The maximum absolute atomic E-state index is 12.3. The zero-order valence-corrected chi connectivity index (χ0v) is 24.1. The first-order chi connectivity index (χ1) is 18.8. The van der Waals surface area contributed by atoms with Gasteiger partial charge < -0.3 is 47.4 Å². The van der Waals surface area contributed by atoms with E-state index in [0.717, 1.165) is 5.56 Å². The van der Waals surface area contributed by atoms with E-state index >= 15 is 0 Å². The van der Waals surface area contributed by atoms with Crippen molar-refractivity contribution in [3.05, 3.63) is 35.9 Å². The molecule has 5 fully saturated rings. The van der Waals surface area contributed by atoms with E-state index in [0.29, 0.717) is 6.61 Å². The van der Waals surface area contributed by atoms with E-state index in [4.69, 9.17) is 47.4 Å². The Hall–Kier alpha value is -1.67. The first-order valence-electron chi connectivity index (χ1n) is 14.0. The largest absolute Gasteiger partial charge is 0.460 e. The van der Waals surface area contributed by atoms with Crippen molar-refractivity contribution in [3.63, 3.8) is 0 Å². The van der Waals surface area contributed by atoms with Gasteiger partial charge >= 0.3 is 5.97 Å². The summed E-state index contributed by atoms with van der Waals surface area (Å²) < 4.78 is 62.0. The molecule has 11 nitrogen and oxygen atoms in total. The summed E-state index contributed by atoms with van der Waals surface area (Å²) >= 11 is 0.